The van der Waals surface area contributed by atoms with Crippen LogP contribution < -0.4 is 15.4 Å². The van der Waals surface area contributed by atoms with E-state index < -0.39 is 12.8 Å². The van der Waals surface area contributed by atoms with Crippen molar-refractivity contribution in [3.05, 3.63) is 29.3 Å². The van der Waals surface area contributed by atoms with Crippen LogP contribution in [-0.4, -0.2) is 57.8 Å². The van der Waals surface area contributed by atoms with E-state index in [0.717, 1.165) is 23.3 Å². The fraction of sp³-hybridized carbons (Fsp3) is 0.650. The molecule has 0 saturated carbocycles. The molecular formula is C20H30F3N3O3. The number of halogens is 3. The van der Waals surface area contributed by atoms with Gasteiger partial charge in [0, 0.05) is 31.7 Å². The molecule has 6 nitrogen and oxygen atoms in total. The number of guanidine groups is 1. The normalized spacial score (nSPS) is 17.4. The Labute approximate surface area is 169 Å². The Morgan fingerprint density at radius 3 is 2.83 bits per heavy atom. The summed E-state index contributed by atoms with van der Waals surface area (Å²) < 4.78 is 52.2. The molecule has 0 spiro atoms. The average molecular weight is 417 g/mol. The van der Waals surface area contributed by atoms with Crippen LogP contribution >= 0.6 is 0 Å². The number of ether oxygens (including phenoxy) is 3. The van der Waals surface area contributed by atoms with Gasteiger partial charge in [0.25, 0.3) is 0 Å². The van der Waals surface area contributed by atoms with Gasteiger partial charge in [-0.3, -0.25) is 0 Å². The zero-order valence-corrected chi connectivity index (χ0v) is 17.0. The molecule has 1 aromatic carbocycles. The van der Waals surface area contributed by atoms with Crippen LogP contribution in [0.15, 0.2) is 23.2 Å². The molecule has 2 rings (SSSR count). The summed E-state index contributed by atoms with van der Waals surface area (Å²) in [6.45, 7) is 5.63. The highest BCUT2D eigenvalue weighted by Gasteiger charge is 2.27. The van der Waals surface area contributed by atoms with Gasteiger partial charge in [0.1, 0.15) is 18.5 Å². The van der Waals surface area contributed by atoms with Crippen molar-refractivity contribution in [1.29, 1.82) is 0 Å². The predicted octanol–water partition coefficient (Wildman–Crippen LogP) is 3.19. The SMILES string of the molecule is CCNC(=NCc1ccc(C)cc1OC1CCOC1)NCCCOCC(F)(F)F. The lowest BCUT2D eigenvalue weighted by atomic mass is 10.1. The van der Waals surface area contributed by atoms with Crippen LogP contribution in [0, 0.1) is 6.92 Å². The van der Waals surface area contributed by atoms with E-state index in [2.05, 4.69) is 20.4 Å². The van der Waals surface area contributed by atoms with E-state index in [-0.39, 0.29) is 12.7 Å². The molecule has 164 valence electrons. The maximum Gasteiger partial charge on any atom is 0.411 e. The monoisotopic (exact) mass is 417 g/mol. The topological polar surface area (TPSA) is 64.1 Å². The molecule has 0 bridgehead atoms. The smallest absolute Gasteiger partial charge is 0.411 e. The highest BCUT2D eigenvalue weighted by Crippen LogP contribution is 2.24. The third-order valence-corrected chi connectivity index (χ3v) is 4.18. The first-order valence-electron chi connectivity index (χ1n) is 9.88. The van der Waals surface area contributed by atoms with Gasteiger partial charge in [-0.25, -0.2) is 4.99 Å². The summed E-state index contributed by atoms with van der Waals surface area (Å²) in [5, 5.41) is 6.24. The maximum atomic E-state index is 12.1. The van der Waals surface area contributed by atoms with Crippen LogP contribution in [0.1, 0.15) is 30.9 Å². The second-order valence-electron chi connectivity index (χ2n) is 6.86. The lowest BCUT2D eigenvalue weighted by Crippen LogP contribution is -2.38. The lowest BCUT2D eigenvalue weighted by molar-refractivity contribution is -0.173. The molecule has 0 radical (unpaired) electrons. The first-order chi connectivity index (χ1) is 13.9. The summed E-state index contributed by atoms with van der Waals surface area (Å²) in [6.07, 6.45) is -2.91. The van der Waals surface area contributed by atoms with Gasteiger partial charge in [-0.15, -0.1) is 0 Å². The van der Waals surface area contributed by atoms with E-state index >= 15 is 0 Å². The summed E-state index contributed by atoms with van der Waals surface area (Å²) in [6, 6.07) is 6.02. The Morgan fingerprint density at radius 1 is 1.31 bits per heavy atom. The fourth-order valence-electron chi connectivity index (χ4n) is 2.76. The molecule has 1 unspecified atom stereocenters. The number of alkyl halides is 3. The van der Waals surface area contributed by atoms with Crippen molar-refractivity contribution in [2.24, 2.45) is 4.99 Å². The average Bonchev–Trinajstić information content (AvgIpc) is 3.16. The fourth-order valence-corrected chi connectivity index (χ4v) is 2.76. The number of rotatable bonds is 10. The van der Waals surface area contributed by atoms with Crippen LogP contribution in [0.5, 0.6) is 5.75 Å². The molecule has 1 heterocycles. The van der Waals surface area contributed by atoms with Gasteiger partial charge in [0.15, 0.2) is 5.96 Å². The van der Waals surface area contributed by atoms with Crippen molar-refractivity contribution in [3.63, 3.8) is 0 Å². The first kappa shape index (κ1) is 23.3. The van der Waals surface area contributed by atoms with Gasteiger partial charge in [-0.05, 0) is 31.9 Å². The van der Waals surface area contributed by atoms with Crippen LogP contribution in [0.25, 0.3) is 0 Å². The molecule has 2 N–H and O–H groups in total. The van der Waals surface area contributed by atoms with Crippen LogP contribution in [0.2, 0.25) is 0 Å². The van der Waals surface area contributed by atoms with Gasteiger partial charge in [0.05, 0.1) is 19.8 Å². The summed E-state index contributed by atoms with van der Waals surface area (Å²) in [4.78, 5) is 4.57. The van der Waals surface area contributed by atoms with E-state index in [0.29, 0.717) is 45.2 Å². The van der Waals surface area contributed by atoms with Crippen LogP contribution in [-0.2, 0) is 16.0 Å². The second-order valence-corrected chi connectivity index (χ2v) is 6.86. The van der Waals surface area contributed by atoms with Crippen molar-refractivity contribution < 1.29 is 27.4 Å². The van der Waals surface area contributed by atoms with Crippen molar-refractivity contribution in [2.75, 3.05) is 39.5 Å². The molecule has 1 aliphatic rings. The van der Waals surface area contributed by atoms with Gasteiger partial charge >= 0.3 is 6.18 Å². The molecule has 1 atom stereocenters. The predicted molar refractivity (Wildman–Crippen MR) is 105 cm³/mol. The van der Waals surface area contributed by atoms with Gasteiger partial charge in [-0.1, -0.05) is 12.1 Å². The molecular weight excluding hydrogens is 387 g/mol. The third-order valence-electron chi connectivity index (χ3n) is 4.18. The van der Waals surface area contributed by atoms with Crippen molar-refractivity contribution in [2.45, 2.75) is 45.5 Å². The minimum atomic E-state index is -4.29. The molecule has 9 heteroatoms. The number of nitrogens with zero attached hydrogens (tertiary/aromatic N) is 1. The second kappa shape index (κ2) is 11.9. The minimum Gasteiger partial charge on any atom is -0.488 e. The van der Waals surface area contributed by atoms with E-state index in [1.807, 2.05) is 32.0 Å². The molecule has 0 amide bonds. The standard InChI is InChI=1S/C20H30F3N3O3/c1-3-24-19(25-8-4-9-28-14-20(21,22)23)26-12-16-6-5-15(2)11-18(16)29-17-7-10-27-13-17/h5-6,11,17H,3-4,7-10,12-14H2,1-2H3,(H2,24,25,26). The number of aryl methyl sites for hydroxylation is 1. The summed E-state index contributed by atoms with van der Waals surface area (Å²) in [7, 11) is 0. The number of aliphatic imine (C=N–C) groups is 1. The Kier molecular flexibility index (Phi) is 9.53. The summed E-state index contributed by atoms with van der Waals surface area (Å²) in [5.41, 5.74) is 2.07. The van der Waals surface area contributed by atoms with E-state index in [9.17, 15) is 13.2 Å². The molecule has 29 heavy (non-hydrogen) atoms. The molecule has 1 saturated heterocycles. The Bertz CT molecular complexity index is 648. The van der Waals surface area contributed by atoms with Gasteiger partial charge in [0.2, 0.25) is 0 Å². The highest BCUT2D eigenvalue weighted by molar-refractivity contribution is 5.79. The zero-order chi connectivity index (χ0) is 21.1. The van der Waals surface area contributed by atoms with Crippen molar-refractivity contribution in [3.8, 4) is 5.75 Å². The third kappa shape index (κ3) is 9.36. The van der Waals surface area contributed by atoms with E-state index in [1.165, 1.54) is 0 Å². The highest BCUT2D eigenvalue weighted by atomic mass is 19.4. The Balaban J connectivity index is 1.86. The van der Waals surface area contributed by atoms with Gasteiger partial charge in [-0.2, -0.15) is 13.2 Å². The summed E-state index contributed by atoms with van der Waals surface area (Å²) >= 11 is 0. The Morgan fingerprint density at radius 2 is 2.14 bits per heavy atom. The Hall–Kier alpha value is -2.00. The van der Waals surface area contributed by atoms with Crippen LogP contribution in [0.4, 0.5) is 13.2 Å². The van der Waals surface area contributed by atoms with E-state index in [1.54, 1.807) is 0 Å². The van der Waals surface area contributed by atoms with Crippen LogP contribution in [0.3, 0.4) is 0 Å². The molecule has 1 aromatic rings. The lowest BCUT2D eigenvalue weighted by Gasteiger charge is -2.16. The number of nitrogens with one attached hydrogen (secondary N) is 2. The largest absolute Gasteiger partial charge is 0.488 e. The number of benzene rings is 1. The number of hydrogen-bond donors (Lipinski definition) is 2. The molecule has 0 aromatic heterocycles. The first-order valence-corrected chi connectivity index (χ1v) is 9.88. The quantitative estimate of drug-likeness (QED) is 0.348. The maximum absolute atomic E-state index is 12.1. The summed E-state index contributed by atoms with van der Waals surface area (Å²) in [5.74, 6) is 1.40. The zero-order valence-electron chi connectivity index (χ0n) is 17.0. The van der Waals surface area contributed by atoms with E-state index in [4.69, 9.17) is 9.47 Å². The molecule has 0 aliphatic carbocycles. The van der Waals surface area contributed by atoms with Gasteiger partial charge < -0.3 is 24.8 Å². The minimum absolute atomic E-state index is 0.0331. The molecule has 1 fully saturated rings. The van der Waals surface area contributed by atoms with Crippen molar-refractivity contribution in [1.82, 2.24) is 10.6 Å². The number of hydrogen-bond acceptors (Lipinski definition) is 4. The van der Waals surface area contributed by atoms with Crippen molar-refractivity contribution >= 4 is 5.96 Å². The molecule has 1 aliphatic heterocycles.